The van der Waals surface area contributed by atoms with Gasteiger partial charge in [-0.1, -0.05) is 18.2 Å². The summed E-state index contributed by atoms with van der Waals surface area (Å²) in [5.41, 5.74) is 2.41. The fourth-order valence-electron chi connectivity index (χ4n) is 2.33. The number of aryl methyl sites for hydroxylation is 2. The Morgan fingerprint density at radius 3 is 2.63 bits per heavy atom. The Kier molecular flexibility index (Phi) is 3.69. The summed E-state index contributed by atoms with van der Waals surface area (Å²) in [5, 5.41) is 0. The lowest BCUT2D eigenvalue weighted by Crippen LogP contribution is -2.42. The molecule has 1 aliphatic rings. The predicted octanol–water partition coefficient (Wildman–Crippen LogP) is 2.54. The Morgan fingerprint density at radius 1 is 1.53 bits per heavy atom. The molecule has 2 rings (SSSR count). The molecule has 0 bridgehead atoms. The summed E-state index contributed by atoms with van der Waals surface area (Å²) in [4.78, 5) is 24.9. The Bertz CT molecular complexity index is 527. The lowest BCUT2D eigenvalue weighted by atomic mass is 10.1. The van der Waals surface area contributed by atoms with Gasteiger partial charge in [0, 0.05) is 6.42 Å². The molecule has 1 fully saturated rings. The molecule has 1 aromatic rings. The molecule has 102 valence electrons. The predicted molar refractivity (Wildman–Crippen MR) is 73.2 cm³/mol. The van der Waals surface area contributed by atoms with Crippen molar-refractivity contribution in [1.82, 2.24) is 0 Å². The third-order valence-corrected chi connectivity index (χ3v) is 3.35. The standard InChI is InChI=1S/C14H16ClNO3/c1-9-4-3-5-10(2)14(9)16(11(17)8-15)12-6-7-13(18)19-12/h3-5,12H,6-8H2,1-2H3/i8D. The number of benzene rings is 1. The number of carbonyl (C=O) groups excluding carboxylic acids is 2. The van der Waals surface area contributed by atoms with Crippen LogP contribution < -0.4 is 4.90 Å². The van der Waals surface area contributed by atoms with E-state index in [-0.39, 0.29) is 12.4 Å². The number of carbonyl (C=O) groups is 2. The minimum absolute atomic E-state index is 0.268. The summed E-state index contributed by atoms with van der Waals surface area (Å²) >= 11 is 5.63. The molecule has 2 unspecified atom stereocenters. The van der Waals surface area contributed by atoms with Crippen LogP contribution in [0.3, 0.4) is 0 Å². The summed E-state index contributed by atoms with van der Waals surface area (Å²) in [7, 11) is 0. The maximum atomic E-state index is 12.3. The minimum Gasteiger partial charge on any atom is -0.441 e. The van der Waals surface area contributed by atoms with Gasteiger partial charge >= 0.3 is 5.97 Å². The van der Waals surface area contributed by atoms with E-state index in [4.69, 9.17) is 17.7 Å². The van der Waals surface area contributed by atoms with Gasteiger partial charge in [-0.15, -0.1) is 11.6 Å². The first-order valence-corrected chi connectivity index (χ1v) is 6.50. The van der Waals surface area contributed by atoms with E-state index in [1.807, 2.05) is 32.0 Å². The van der Waals surface area contributed by atoms with Gasteiger partial charge in [-0.05, 0) is 25.0 Å². The zero-order valence-corrected chi connectivity index (χ0v) is 11.6. The second kappa shape index (κ2) is 5.61. The zero-order chi connectivity index (χ0) is 14.9. The largest absolute Gasteiger partial charge is 0.441 e. The lowest BCUT2D eigenvalue weighted by molar-refractivity contribution is -0.142. The number of ether oxygens (including phenoxy) is 1. The molecule has 1 amide bonds. The number of hydrogen-bond donors (Lipinski definition) is 0. The summed E-state index contributed by atoms with van der Waals surface area (Å²) in [6.45, 7) is 3.74. The highest BCUT2D eigenvalue weighted by molar-refractivity contribution is 6.29. The molecule has 0 aliphatic carbocycles. The topological polar surface area (TPSA) is 46.6 Å². The molecule has 2 atom stereocenters. The van der Waals surface area contributed by atoms with Crippen LogP contribution in [0.2, 0.25) is 0 Å². The quantitative estimate of drug-likeness (QED) is 0.632. The minimum atomic E-state index is -1.42. The Morgan fingerprint density at radius 2 is 2.16 bits per heavy atom. The molecular formula is C14H16ClNO3. The van der Waals surface area contributed by atoms with E-state index in [2.05, 4.69) is 0 Å². The summed E-state index contributed by atoms with van der Waals surface area (Å²) in [6.07, 6.45) is 0.00753. The molecule has 4 nitrogen and oxygen atoms in total. The SMILES string of the molecule is [2H]C(Cl)C(=O)N(c1c(C)cccc1C)C1CCC(=O)O1. The van der Waals surface area contributed by atoms with E-state index >= 15 is 0 Å². The number of halogens is 1. The number of esters is 1. The average molecular weight is 283 g/mol. The van der Waals surface area contributed by atoms with E-state index in [1.165, 1.54) is 4.90 Å². The third kappa shape index (κ3) is 2.73. The van der Waals surface area contributed by atoms with Crippen molar-refractivity contribution in [2.24, 2.45) is 0 Å². The van der Waals surface area contributed by atoms with E-state index in [9.17, 15) is 9.59 Å². The highest BCUT2D eigenvalue weighted by Crippen LogP contribution is 2.30. The lowest BCUT2D eigenvalue weighted by Gasteiger charge is -2.29. The molecule has 19 heavy (non-hydrogen) atoms. The van der Waals surface area contributed by atoms with E-state index in [0.717, 1.165) is 11.1 Å². The molecule has 1 heterocycles. The van der Waals surface area contributed by atoms with Crippen LogP contribution in [-0.2, 0) is 14.3 Å². The number of para-hydroxylation sites is 1. The highest BCUT2D eigenvalue weighted by atomic mass is 35.5. The van der Waals surface area contributed by atoms with Crippen LogP contribution in [0.15, 0.2) is 18.2 Å². The van der Waals surface area contributed by atoms with Gasteiger partial charge in [-0.25, -0.2) is 0 Å². The van der Waals surface area contributed by atoms with Crippen molar-refractivity contribution in [2.45, 2.75) is 32.9 Å². The summed E-state index contributed by atoms with van der Waals surface area (Å²) in [6, 6.07) is 5.62. The Labute approximate surface area is 118 Å². The second-order valence-electron chi connectivity index (χ2n) is 4.54. The number of rotatable bonds is 3. The van der Waals surface area contributed by atoms with Crippen molar-refractivity contribution < 1.29 is 15.7 Å². The van der Waals surface area contributed by atoms with E-state index < -0.39 is 18.0 Å². The van der Waals surface area contributed by atoms with Gasteiger partial charge in [0.15, 0.2) is 6.23 Å². The van der Waals surface area contributed by atoms with Crippen molar-refractivity contribution in [1.29, 1.82) is 0 Å². The molecule has 1 aromatic carbocycles. The molecule has 0 spiro atoms. The van der Waals surface area contributed by atoms with Gasteiger partial charge in [0.1, 0.15) is 5.86 Å². The first-order chi connectivity index (χ1) is 9.41. The highest BCUT2D eigenvalue weighted by Gasteiger charge is 2.34. The molecule has 0 radical (unpaired) electrons. The molecule has 1 saturated heterocycles. The van der Waals surface area contributed by atoms with Crippen LogP contribution in [-0.4, -0.2) is 24.0 Å². The van der Waals surface area contributed by atoms with Gasteiger partial charge < -0.3 is 4.74 Å². The fraction of sp³-hybridized carbons (Fsp3) is 0.429. The molecule has 0 aromatic heterocycles. The van der Waals surface area contributed by atoms with Gasteiger partial charge in [0.2, 0.25) is 5.91 Å². The van der Waals surface area contributed by atoms with Crippen LogP contribution in [0.1, 0.15) is 25.3 Å². The summed E-state index contributed by atoms with van der Waals surface area (Å²) < 4.78 is 12.6. The summed E-state index contributed by atoms with van der Waals surface area (Å²) in [5.74, 6) is -2.34. The number of alkyl halides is 1. The van der Waals surface area contributed by atoms with E-state index in [0.29, 0.717) is 12.1 Å². The molecule has 0 N–H and O–H groups in total. The Balaban J connectivity index is 2.46. The van der Waals surface area contributed by atoms with Crippen molar-refractivity contribution in [3.8, 4) is 0 Å². The normalized spacial score (nSPS) is 20.7. The number of anilines is 1. The fourth-order valence-corrected chi connectivity index (χ4v) is 2.43. The van der Waals surface area contributed by atoms with Crippen molar-refractivity contribution in [3.05, 3.63) is 29.3 Å². The van der Waals surface area contributed by atoms with Crippen molar-refractivity contribution >= 4 is 29.2 Å². The maximum absolute atomic E-state index is 12.3. The molecule has 0 saturated carbocycles. The average Bonchev–Trinajstić information content (AvgIpc) is 2.79. The second-order valence-corrected chi connectivity index (χ2v) is 4.76. The molecule has 1 aliphatic heterocycles. The number of nitrogens with zero attached hydrogens (tertiary/aromatic N) is 1. The van der Waals surface area contributed by atoms with Gasteiger partial charge in [-0.2, -0.15) is 0 Å². The maximum Gasteiger partial charge on any atom is 0.307 e. The first kappa shape index (κ1) is 12.5. The smallest absolute Gasteiger partial charge is 0.307 e. The number of hydrogen-bond acceptors (Lipinski definition) is 3. The van der Waals surface area contributed by atoms with Crippen LogP contribution >= 0.6 is 11.6 Å². The third-order valence-electron chi connectivity index (χ3n) is 3.16. The molecule has 5 heteroatoms. The number of cyclic esters (lactones) is 1. The monoisotopic (exact) mass is 282 g/mol. The molecular weight excluding hydrogens is 266 g/mol. The van der Waals surface area contributed by atoms with Gasteiger partial charge in [0.25, 0.3) is 0 Å². The first-order valence-electron chi connectivity index (χ1n) is 6.64. The number of amides is 1. The van der Waals surface area contributed by atoms with Crippen LogP contribution in [0.25, 0.3) is 0 Å². The van der Waals surface area contributed by atoms with Gasteiger partial charge in [0.05, 0.1) is 13.5 Å². The Hall–Kier alpha value is -1.55. The van der Waals surface area contributed by atoms with Gasteiger partial charge in [-0.3, -0.25) is 14.5 Å². The van der Waals surface area contributed by atoms with E-state index in [1.54, 1.807) is 0 Å². The van der Waals surface area contributed by atoms with Crippen LogP contribution in [0.5, 0.6) is 0 Å². The van der Waals surface area contributed by atoms with Crippen molar-refractivity contribution in [3.63, 3.8) is 0 Å². The van der Waals surface area contributed by atoms with Crippen LogP contribution in [0, 0.1) is 13.8 Å². The van der Waals surface area contributed by atoms with Crippen LogP contribution in [0.4, 0.5) is 5.69 Å². The zero-order valence-electron chi connectivity index (χ0n) is 11.9. The van der Waals surface area contributed by atoms with Crippen molar-refractivity contribution in [2.75, 3.05) is 10.8 Å².